The van der Waals surface area contributed by atoms with Crippen LogP contribution in [0.4, 0.5) is 0 Å². The standard InChI is InChI=1S/C36H52N2.Pd/c1-4-7-10-12-14-16-20-30-22-18-25-32(27-30)35-29-34(24-9-6-3)36(38(35)37)33-26-19-23-31(28-33)21-17-15-13-11-8-5-2;/h18-19,22-23,25-29H,4-17,20-21,24H2,1-3H3;. The summed E-state index contributed by atoms with van der Waals surface area (Å²) in [6, 6.07) is 17.7. The number of benzene rings is 2. The summed E-state index contributed by atoms with van der Waals surface area (Å²) in [6.45, 7) is 6.79. The Morgan fingerprint density at radius 3 is 1.62 bits per heavy atom. The minimum absolute atomic E-state index is 0. The number of aryl methyl sites for hydroxylation is 2. The molecule has 0 aromatic heterocycles. The molecule has 2 aromatic rings. The first-order valence-corrected chi connectivity index (χ1v) is 15.8. The van der Waals surface area contributed by atoms with Crippen LogP contribution in [0.1, 0.15) is 139 Å². The second kappa shape index (κ2) is 19.3. The van der Waals surface area contributed by atoms with Crippen molar-refractivity contribution in [3.63, 3.8) is 0 Å². The van der Waals surface area contributed by atoms with Crippen molar-refractivity contribution in [2.75, 3.05) is 0 Å². The van der Waals surface area contributed by atoms with Crippen molar-refractivity contribution in [2.24, 2.45) is 0 Å². The maximum atomic E-state index is 11.5. The zero-order valence-electron chi connectivity index (χ0n) is 24.9. The van der Waals surface area contributed by atoms with Crippen molar-refractivity contribution in [1.29, 1.82) is 0 Å². The van der Waals surface area contributed by atoms with Gasteiger partial charge in [0, 0.05) is 43.2 Å². The predicted molar refractivity (Wildman–Crippen MR) is 165 cm³/mol. The Labute approximate surface area is 253 Å². The van der Waals surface area contributed by atoms with Crippen molar-refractivity contribution in [3.05, 3.63) is 88.0 Å². The van der Waals surface area contributed by atoms with E-state index in [-0.39, 0.29) is 20.4 Å². The van der Waals surface area contributed by atoms with E-state index in [0.717, 1.165) is 54.6 Å². The molecule has 1 aliphatic rings. The van der Waals surface area contributed by atoms with Gasteiger partial charge >= 0.3 is 0 Å². The fraction of sp³-hybridized carbons (Fsp3) is 0.556. The molecule has 0 aliphatic carbocycles. The summed E-state index contributed by atoms with van der Waals surface area (Å²) in [7, 11) is 0. The smallest absolute Gasteiger partial charge is 0.210 e. The summed E-state index contributed by atoms with van der Waals surface area (Å²) in [6.07, 6.45) is 23.5. The molecule has 0 saturated carbocycles. The van der Waals surface area contributed by atoms with E-state index in [1.165, 1.54) is 98.4 Å². The normalized spacial score (nSPS) is 13.1. The number of rotatable bonds is 19. The Bertz CT molecular complexity index is 1070. The van der Waals surface area contributed by atoms with E-state index in [2.05, 4.69) is 75.4 Å². The molecule has 0 spiro atoms. The molecule has 0 fully saturated rings. The second-order valence-electron chi connectivity index (χ2n) is 11.3. The summed E-state index contributed by atoms with van der Waals surface area (Å²) in [5.41, 5.74) is 19.6. The van der Waals surface area contributed by atoms with E-state index in [4.69, 9.17) is 0 Å². The average molecular weight is 619 g/mol. The molecular weight excluding hydrogens is 567 g/mol. The van der Waals surface area contributed by atoms with Crippen LogP contribution in [0, 0.1) is 0 Å². The van der Waals surface area contributed by atoms with E-state index in [0.29, 0.717) is 0 Å². The summed E-state index contributed by atoms with van der Waals surface area (Å²) in [4.78, 5) is 0. The Balaban J connectivity index is 0.00000533. The van der Waals surface area contributed by atoms with Crippen molar-refractivity contribution in [3.8, 4) is 0 Å². The van der Waals surface area contributed by atoms with Gasteiger partial charge in [-0.15, -0.1) is 0 Å². The molecular formula is C36H52N2Pd. The summed E-state index contributed by atoms with van der Waals surface area (Å²) in [5, 5.41) is 0. The first kappa shape index (κ1) is 33.4. The van der Waals surface area contributed by atoms with Gasteiger partial charge in [-0.1, -0.05) is 116 Å². The van der Waals surface area contributed by atoms with Gasteiger partial charge < -0.3 is 5.53 Å². The van der Waals surface area contributed by atoms with Gasteiger partial charge in [0.15, 0.2) is 0 Å². The third-order valence-corrected chi connectivity index (χ3v) is 7.92. The predicted octanol–water partition coefficient (Wildman–Crippen LogP) is 11.5. The summed E-state index contributed by atoms with van der Waals surface area (Å²) < 4.78 is 1.47. The van der Waals surface area contributed by atoms with Gasteiger partial charge in [0.2, 0.25) is 11.4 Å². The van der Waals surface area contributed by atoms with Crippen molar-refractivity contribution in [1.82, 2.24) is 0 Å². The maximum absolute atomic E-state index is 11.5. The fourth-order valence-corrected chi connectivity index (χ4v) is 5.60. The monoisotopic (exact) mass is 618 g/mol. The molecule has 2 nitrogen and oxygen atoms in total. The van der Waals surface area contributed by atoms with Gasteiger partial charge in [-0.3, -0.25) is 0 Å². The van der Waals surface area contributed by atoms with E-state index in [1.807, 2.05) is 0 Å². The minimum Gasteiger partial charge on any atom is -0.493 e. The molecule has 3 rings (SSSR count). The Morgan fingerprint density at radius 1 is 0.564 bits per heavy atom. The molecule has 39 heavy (non-hydrogen) atoms. The third kappa shape index (κ3) is 10.9. The molecule has 0 bridgehead atoms. The van der Waals surface area contributed by atoms with Crippen LogP contribution in [-0.2, 0) is 33.3 Å². The van der Waals surface area contributed by atoms with Gasteiger partial charge in [-0.25, -0.2) is 4.70 Å². The van der Waals surface area contributed by atoms with Crippen LogP contribution in [-0.4, -0.2) is 4.70 Å². The van der Waals surface area contributed by atoms with Crippen LogP contribution >= 0.6 is 0 Å². The van der Waals surface area contributed by atoms with Crippen LogP contribution in [0.15, 0.2) is 60.2 Å². The Morgan fingerprint density at radius 2 is 1.05 bits per heavy atom. The van der Waals surface area contributed by atoms with E-state index in [9.17, 15) is 5.53 Å². The fourth-order valence-electron chi connectivity index (χ4n) is 5.60. The van der Waals surface area contributed by atoms with E-state index < -0.39 is 0 Å². The average Bonchev–Trinajstić information content (AvgIpc) is 3.27. The van der Waals surface area contributed by atoms with Gasteiger partial charge in [0.25, 0.3) is 0 Å². The number of unbranched alkanes of at least 4 members (excludes halogenated alkanes) is 11. The molecule has 2 aromatic carbocycles. The molecule has 0 amide bonds. The Kier molecular flexibility index (Phi) is 16.5. The maximum Gasteiger partial charge on any atom is 0.210 e. The van der Waals surface area contributed by atoms with Crippen LogP contribution in [0.2, 0.25) is 0 Å². The van der Waals surface area contributed by atoms with Gasteiger partial charge in [0.05, 0.1) is 0 Å². The third-order valence-electron chi connectivity index (χ3n) is 7.92. The number of hydrogen-bond donors (Lipinski definition) is 0. The van der Waals surface area contributed by atoms with Crippen LogP contribution < -0.4 is 0 Å². The number of nitrogens with zero attached hydrogens (tertiary/aromatic N) is 2. The molecule has 1 heterocycles. The van der Waals surface area contributed by atoms with E-state index in [1.54, 1.807) is 0 Å². The van der Waals surface area contributed by atoms with Gasteiger partial charge in [-0.2, -0.15) is 0 Å². The largest absolute Gasteiger partial charge is 0.493 e. The zero-order valence-corrected chi connectivity index (χ0v) is 26.5. The molecule has 0 saturated heterocycles. The Hall–Kier alpha value is -1.82. The topological polar surface area (TPSA) is 25.3 Å². The van der Waals surface area contributed by atoms with Crippen LogP contribution in [0.5, 0.6) is 0 Å². The quantitative estimate of drug-likeness (QED) is 0.0850. The van der Waals surface area contributed by atoms with Gasteiger partial charge in [0.1, 0.15) is 0 Å². The molecule has 3 heteroatoms. The second-order valence-corrected chi connectivity index (χ2v) is 11.3. The van der Waals surface area contributed by atoms with Crippen LogP contribution in [0.3, 0.4) is 0 Å². The van der Waals surface area contributed by atoms with Crippen LogP contribution in [0.25, 0.3) is 16.9 Å². The summed E-state index contributed by atoms with van der Waals surface area (Å²) >= 11 is 0. The van der Waals surface area contributed by atoms with Crippen molar-refractivity contribution >= 4 is 11.4 Å². The molecule has 216 valence electrons. The molecule has 0 radical (unpaired) electrons. The minimum atomic E-state index is 0. The number of hydrogen-bond acceptors (Lipinski definition) is 0. The number of allylic oxidation sites excluding steroid dienone is 2. The molecule has 0 N–H and O–H groups in total. The van der Waals surface area contributed by atoms with Crippen molar-refractivity contribution in [2.45, 2.75) is 130 Å². The SMILES string of the molecule is CCCCCCCCc1cccc(C2=CC(CCCC)=C(c3cccc(CCCCCCCC)c3)[N+]2=[N-])c1.[Pd]. The first-order chi connectivity index (χ1) is 18.7. The summed E-state index contributed by atoms with van der Waals surface area (Å²) in [5.74, 6) is 0. The van der Waals surface area contributed by atoms with E-state index >= 15 is 0 Å². The molecule has 1 aliphatic heterocycles. The molecule has 0 atom stereocenters. The van der Waals surface area contributed by atoms with Gasteiger partial charge in [-0.05, 0) is 73.9 Å². The van der Waals surface area contributed by atoms with Crippen molar-refractivity contribution < 1.29 is 25.1 Å². The first-order valence-electron chi connectivity index (χ1n) is 15.8. The zero-order chi connectivity index (χ0) is 27.0. The molecule has 0 unspecified atom stereocenters.